The quantitative estimate of drug-likeness (QED) is 0.129. The van der Waals surface area contributed by atoms with Crippen molar-refractivity contribution in [3.8, 4) is 44.5 Å². The van der Waals surface area contributed by atoms with E-state index in [2.05, 4.69) is 256 Å². The maximum Gasteiger partial charge on any atom is 0.0743 e. The van der Waals surface area contributed by atoms with Gasteiger partial charge in [-0.3, -0.25) is 0 Å². The number of hydrogen-bond donors (Lipinski definition) is 4. The topological polar surface area (TPSA) is 109 Å². The number of aromatic nitrogens is 4. The number of benzene rings is 5. The summed E-state index contributed by atoms with van der Waals surface area (Å²) >= 11 is 0. The molecule has 0 saturated heterocycles. The van der Waals surface area contributed by atoms with E-state index in [9.17, 15) is 0 Å². The molecule has 80 heavy (non-hydrogen) atoms. The first kappa shape index (κ1) is 55.6. The smallest absolute Gasteiger partial charge is 0.0743 e. The van der Waals surface area contributed by atoms with Crippen molar-refractivity contribution in [2.45, 2.75) is 157 Å². The van der Waals surface area contributed by atoms with Gasteiger partial charge in [-0.25, -0.2) is 9.97 Å². The normalized spacial score (nSPS) is 13.5. The van der Waals surface area contributed by atoms with Crippen molar-refractivity contribution >= 4 is 57.2 Å². The van der Waals surface area contributed by atoms with Crippen molar-refractivity contribution in [3.63, 3.8) is 0 Å². The van der Waals surface area contributed by atoms with Gasteiger partial charge in [0.1, 0.15) is 0 Å². The molecular formula is C74H84N6. The number of fused-ring (bicyclic) bond motifs is 8. The summed E-state index contributed by atoms with van der Waals surface area (Å²) in [5, 5.41) is 0. The van der Waals surface area contributed by atoms with Gasteiger partial charge in [-0.15, -0.1) is 0 Å². The van der Waals surface area contributed by atoms with Crippen molar-refractivity contribution < 1.29 is 0 Å². The Morgan fingerprint density at radius 3 is 1.06 bits per heavy atom. The third-order valence-electron chi connectivity index (χ3n) is 16.2. The van der Waals surface area contributed by atoms with Gasteiger partial charge in [0, 0.05) is 72.4 Å². The molecule has 0 amide bonds. The first-order valence-corrected chi connectivity index (χ1v) is 28.6. The Morgan fingerprint density at radius 2 is 0.675 bits per heavy atom. The van der Waals surface area contributed by atoms with Crippen molar-refractivity contribution in [1.29, 1.82) is 0 Å². The van der Waals surface area contributed by atoms with Crippen LogP contribution in [0.2, 0.25) is 0 Å². The zero-order chi connectivity index (χ0) is 57.8. The number of rotatable bonds is 5. The van der Waals surface area contributed by atoms with Crippen LogP contribution in [-0.2, 0) is 32.5 Å². The van der Waals surface area contributed by atoms with Crippen LogP contribution in [0.25, 0.3) is 90.4 Å². The molecule has 0 fully saturated rings. The van der Waals surface area contributed by atoms with Crippen molar-refractivity contribution in [1.82, 2.24) is 19.9 Å². The van der Waals surface area contributed by atoms with E-state index in [1.807, 2.05) is 24.3 Å². The number of H-pyrrole nitrogens is 2. The van der Waals surface area contributed by atoms with Gasteiger partial charge >= 0.3 is 0 Å². The van der Waals surface area contributed by atoms with E-state index in [0.717, 1.165) is 100 Å². The molecule has 5 aromatic carbocycles. The molecule has 6 heteroatoms. The standard InChI is InChI=1S/C74H84N6/c1-69(2,3)46-31-43(32-47(37-46)70(4,5)6)66-58-27-29-60(77-58)67(44-33-48(71(7,8)9)38-49(34-44)72(10,11)12)64-40-54(52-23-19-21-25-56(52)75)62(79-64)42-63-55(53-24-20-22-26-57(53)76)41-65(80-63)68(61-30-28-59(66)78-61)45-35-50(73(13,14)15)39-51(36-45)74(16,17)18/h19-42,77,80H,75-76H2,1-18H3. The van der Waals surface area contributed by atoms with Gasteiger partial charge in [0.05, 0.1) is 22.8 Å². The Kier molecular flexibility index (Phi) is 13.6. The van der Waals surface area contributed by atoms with Crippen LogP contribution in [-0.4, -0.2) is 19.9 Å². The zero-order valence-corrected chi connectivity index (χ0v) is 50.9. The Bertz CT molecular complexity index is 3910. The van der Waals surface area contributed by atoms with E-state index in [-0.39, 0.29) is 32.5 Å². The van der Waals surface area contributed by atoms with Crippen LogP contribution in [0, 0.1) is 0 Å². The van der Waals surface area contributed by atoms with Gasteiger partial charge in [0.2, 0.25) is 0 Å². The average Bonchev–Trinajstić information content (AvgIpc) is 4.25. The number of hydrogen-bond acceptors (Lipinski definition) is 4. The molecule has 0 spiro atoms. The van der Waals surface area contributed by atoms with E-state index < -0.39 is 0 Å². The number of nitrogens with zero attached hydrogens (tertiary/aromatic N) is 2. The van der Waals surface area contributed by atoms with Gasteiger partial charge in [-0.2, -0.15) is 0 Å². The first-order valence-electron chi connectivity index (χ1n) is 28.6. The Morgan fingerprint density at radius 1 is 0.325 bits per heavy atom. The van der Waals surface area contributed by atoms with Crippen LogP contribution in [0.15, 0.2) is 127 Å². The van der Waals surface area contributed by atoms with Crippen LogP contribution >= 0.6 is 0 Å². The minimum atomic E-state index is -0.137. The maximum absolute atomic E-state index is 7.01. The van der Waals surface area contributed by atoms with Crippen LogP contribution in [0.1, 0.15) is 186 Å². The molecule has 10 rings (SSSR count). The second kappa shape index (κ2) is 19.5. The fourth-order valence-electron chi connectivity index (χ4n) is 11.0. The number of anilines is 2. The van der Waals surface area contributed by atoms with Crippen LogP contribution < -0.4 is 11.5 Å². The molecule has 6 nitrogen and oxygen atoms in total. The number of aromatic amines is 2. The van der Waals surface area contributed by atoms with Crippen LogP contribution in [0.3, 0.4) is 0 Å². The van der Waals surface area contributed by atoms with Gasteiger partial charge in [-0.05, 0) is 137 Å². The molecular weight excluding hydrogens is 973 g/mol. The Balaban J connectivity index is 1.49. The van der Waals surface area contributed by atoms with E-state index in [0.29, 0.717) is 11.4 Å². The highest BCUT2D eigenvalue weighted by Gasteiger charge is 2.29. The molecule has 0 aliphatic carbocycles. The van der Waals surface area contributed by atoms with E-state index in [4.69, 9.17) is 21.4 Å². The predicted molar refractivity (Wildman–Crippen MR) is 346 cm³/mol. The number of nitrogens with one attached hydrogen (secondary N) is 2. The second-order valence-corrected chi connectivity index (χ2v) is 28.8. The first-order chi connectivity index (χ1) is 37.2. The summed E-state index contributed by atoms with van der Waals surface area (Å²) in [4.78, 5) is 19.8. The third-order valence-corrected chi connectivity index (χ3v) is 16.2. The Hall–Kier alpha value is -7.70. The minimum absolute atomic E-state index is 0.128. The summed E-state index contributed by atoms with van der Waals surface area (Å²) in [6.07, 6.45) is 6.69. The monoisotopic (exact) mass is 1060 g/mol. The molecule has 2 aliphatic heterocycles. The molecule has 2 aliphatic rings. The Labute approximate surface area is 477 Å². The lowest BCUT2D eigenvalue weighted by Crippen LogP contribution is -2.16. The van der Waals surface area contributed by atoms with Crippen LogP contribution in [0.5, 0.6) is 0 Å². The van der Waals surface area contributed by atoms with Crippen molar-refractivity contribution in [3.05, 3.63) is 189 Å². The lowest BCUT2D eigenvalue weighted by molar-refractivity contribution is 0.568. The summed E-state index contributed by atoms with van der Waals surface area (Å²) in [7, 11) is 0. The predicted octanol–water partition coefficient (Wildman–Crippen LogP) is 19.7. The molecule has 410 valence electrons. The molecule has 5 heterocycles. The van der Waals surface area contributed by atoms with Crippen molar-refractivity contribution in [2.75, 3.05) is 11.5 Å². The third kappa shape index (κ3) is 10.9. The molecule has 3 aromatic heterocycles. The van der Waals surface area contributed by atoms with Gasteiger partial charge in [0.15, 0.2) is 0 Å². The van der Waals surface area contributed by atoms with Gasteiger partial charge in [-0.1, -0.05) is 216 Å². The second-order valence-electron chi connectivity index (χ2n) is 28.8. The molecule has 0 atom stereocenters. The fraction of sp³-hybridized carbons (Fsp3) is 0.324. The van der Waals surface area contributed by atoms with E-state index >= 15 is 0 Å². The number of para-hydroxylation sites is 2. The fourth-order valence-corrected chi connectivity index (χ4v) is 11.0. The summed E-state index contributed by atoms with van der Waals surface area (Å²) < 4.78 is 0. The largest absolute Gasteiger partial charge is 0.398 e. The molecule has 0 radical (unpaired) electrons. The minimum Gasteiger partial charge on any atom is -0.398 e. The zero-order valence-electron chi connectivity index (χ0n) is 50.9. The maximum atomic E-state index is 7.01. The van der Waals surface area contributed by atoms with Gasteiger partial charge < -0.3 is 21.4 Å². The van der Waals surface area contributed by atoms with Crippen LogP contribution in [0.4, 0.5) is 11.4 Å². The summed E-state index contributed by atoms with van der Waals surface area (Å²) in [6.45, 7) is 41.5. The molecule has 0 saturated carbocycles. The highest BCUT2D eigenvalue weighted by Crippen LogP contribution is 2.45. The highest BCUT2D eigenvalue weighted by molar-refractivity contribution is 6.04. The summed E-state index contributed by atoms with van der Waals surface area (Å²) in [6, 6.07) is 46.7. The van der Waals surface area contributed by atoms with Crippen molar-refractivity contribution in [2.24, 2.45) is 0 Å². The van der Waals surface area contributed by atoms with Gasteiger partial charge in [0.25, 0.3) is 0 Å². The van der Waals surface area contributed by atoms with E-state index in [1.54, 1.807) is 0 Å². The average molecular weight is 1060 g/mol. The summed E-state index contributed by atoms with van der Waals surface area (Å²) in [5.41, 5.74) is 39.2. The lowest BCUT2D eigenvalue weighted by Gasteiger charge is -2.26. The molecule has 6 N–H and O–H groups in total. The highest BCUT2D eigenvalue weighted by atomic mass is 14.8. The lowest BCUT2D eigenvalue weighted by atomic mass is 9.78. The SMILES string of the molecule is CC(C)(C)c1cc(-c2c3nc(c(-c4cc(C(C)(C)C)cc(C(C)(C)C)c4)c4ccc([nH]4)c(-c4cc(C(C)(C)C)cc(C(C)(C)C)c4)c4nc(cc5[nH]c2cc5-c2ccccc2N)C(c2ccccc2N)=C4)C=C3)cc(C(C)(C)C)c1. The molecule has 8 aromatic rings. The number of nitrogen functional groups attached to an aromatic ring is 2. The molecule has 0 unspecified atom stereocenters. The number of nitrogens with two attached hydrogens (primary N) is 2. The van der Waals surface area contributed by atoms with E-state index in [1.165, 1.54) is 33.4 Å². The molecule has 8 bridgehead atoms. The summed E-state index contributed by atoms with van der Waals surface area (Å²) in [5.74, 6) is 0.